The van der Waals surface area contributed by atoms with Crippen molar-refractivity contribution in [2.24, 2.45) is 0 Å². The summed E-state index contributed by atoms with van der Waals surface area (Å²) < 4.78 is 16.5. The molecule has 0 spiro atoms. The number of fused-ring (bicyclic) bond motifs is 1. The Morgan fingerprint density at radius 2 is 1.90 bits per heavy atom. The van der Waals surface area contributed by atoms with Crippen molar-refractivity contribution in [3.8, 4) is 11.5 Å². The highest BCUT2D eigenvalue weighted by molar-refractivity contribution is 5.93. The molecule has 1 fully saturated rings. The first kappa shape index (κ1) is 19.3. The van der Waals surface area contributed by atoms with Gasteiger partial charge in [-0.2, -0.15) is 0 Å². The molecule has 0 radical (unpaired) electrons. The van der Waals surface area contributed by atoms with Crippen LogP contribution < -0.4 is 14.8 Å². The Morgan fingerprint density at radius 1 is 1.17 bits per heavy atom. The van der Waals surface area contributed by atoms with Crippen LogP contribution in [0, 0.1) is 6.92 Å². The number of nitrogens with zero attached hydrogens (tertiary/aromatic N) is 3. The van der Waals surface area contributed by atoms with Gasteiger partial charge in [0.05, 0.1) is 11.7 Å². The highest BCUT2D eigenvalue weighted by Crippen LogP contribution is 2.31. The van der Waals surface area contributed by atoms with Crippen molar-refractivity contribution in [3.05, 3.63) is 36.0 Å². The van der Waals surface area contributed by atoms with Gasteiger partial charge in [-0.25, -0.2) is 0 Å². The molecule has 0 bridgehead atoms. The van der Waals surface area contributed by atoms with Gasteiger partial charge in [0.25, 0.3) is 5.91 Å². The number of amides is 2. The molecule has 0 unspecified atom stereocenters. The van der Waals surface area contributed by atoms with Crippen molar-refractivity contribution >= 4 is 17.7 Å². The lowest BCUT2D eigenvalue weighted by Crippen LogP contribution is -2.57. The average molecular weight is 400 g/mol. The van der Waals surface area contributed by atoms with Gasteiger partial charge in [0, 0.05) is 32.2 Å². The predicted molar refractivity (Wildman–Crippen MR) is 104 cm³/mol. The standard InChI is InChI=1S/C20H24N4O5/c1-13-11-18(29-22-13)21-19(25)14(2)23-7-9-24(10-8-23)20(26)17-12-27-15-5-3-4-6-16(15)28-17/h3-6,11,14,17H,7-10,12H2,1-2H3,(H,21,25)/t14-,17-/m1/s1. The van der Waals surface area contributed by atoms with E-state index in [-0.39, 0.29) is 24.5 Å². The van der Waals surface area contributed by atoms with Crippen molar-refractivity contribution < 1.29 is 23.6 Å². The van der Waals surface area contributed by atoms with Crippen LogP contribution in [0.4, 0.5) is 5.88 Å². The number of aryl methyl sites for hydroxylation is 1. The van der Waals surface area contributed by atoms with Crippen LogP contribution in [0.5, 0.6) is 11.5 Å². The number of aromatic nitrogens is 1. The summed E-state index contributed by atoms with van der Waals surface area (Å²) in [5.74, 6) is 1.32. The Hall–Kier alpha value is -3.07. The fraction of sp³-hybridized carbons (Fsp3) is 0.450. The second kappa shape index (κ2) is 8.12. The topological polar surface area (TPSA) is 97.1 Å². The molecule has 2 amide bonds. The van der Waals surface area contributed by atoms with Gasteiger partial charge in [0.1, 0.15) is 6.61 Å². The first-order valence-electron chi connectivity index (χ1n) is 9.67. The SMILES string of the molecule is Cc1cc(NC(=O)[C@@H](C)N2CCN(C(=O)[C@H]3COc4ccccc4O3)CC2)on1. The summed E-state index contributed by atoms with van der Waals surface area (Å²) in [7, 11) is 0. The van der Waals surface area contributed by atoms with E-state index in [0.29, 0.717) is 49.3 Å². The van der Waals surface area contributed by atoms with Gasteiger partial charge in [-0.3, -0.25) is 19.8 Å². The molecule has 2 aliphatic heterocycles. The van der Waals surface area contributed by atoms with Gasteiger partial charge in [0.2, 0.25) is 17.9 Å². The zero-order valence-electron chi connectivity index (χ0n) is 16.5. The zero-order chi connectivity index (χ0) is 20.4. The van der Waals surface area contributed by atoms with E-state index in [0.717, 1.165) is 0 Å². The van der Waals surface area contributed by atoms with E-state index in [9.17, 15) is 9.59 Å². The first-order chi connectivity index (χ1) is 14.0. The Balaban J connectivity index is 1.29. The number of benzene rings is 1. The number of hydrogen-bond donors (Lipinski definition) is 1. The van der Waals surface area contributed by atoms with Gasteiger partial charge < -0.3 is 18.9 Å². The summed E-state index contributed by atoms with van der Waals surface area (Å²) in [6.45, 7) is 6.08. The Kier molecular flexibility index (Phi) is 5.39. The van der Waals surface area contributed by atoms with E-state index >= 15 is 0 Å². The normalized spacial score (nSPS) is 20.2. The van der Waals surface area contributed by atoms with Crippen LogP contribution in [-0.2, 0) is 9.59 Å². The molecule has 2 aromatic rings. The van der Waals surface area contributed by atoms with E-state index in [4.69, 9.17) is 14.0 Å². The van der Waals surface area contributed by atoms with Gasteiger partial charge in [-0.15, -0.1) is 0 Å². The Labute approximate surface area is 168 Å². The lowest BCUT2D eigenvalue weighted by Gasteiger charge is -2.39. The molecular formula is C20H24N4O5. The number of rotatable bonds is 4. The van der Waals surface area contributed by atoms with Crippen LogP contribution in [0.15, 0.2) is 34.9 Å². The van der Waals surface area contributed by atoms with Crippen molar-refractivity contribution in [1.29, 1.82) is 0 Å². The number of nitrogens with one attached hydrogen (secondary N) is 1. The maximum absolute atomic E-state index is 12.8. The zero-order valence-corrected chi connectivity index (χ0v) is 16.5. The highest BCUT2D eigenvalue weighted by atomic mass is 16.6. The molecule has 1 N–H and O–H groups in total. The predicted octanol–water partition coefficient (Wildman–Crippen LogP) is 1.29. The van der Waals surface area contributed by atoms with E-state index in [1.807, 2.05) is 30.0 Å². The van der Waals surface area contributed by atoms with Crippen LogP contribution >= 0.6 is 0 Å². The monoisotopic (exact) mass is 400 g/mol. The minimum Gasteiger partial charge on any atom is -0.485 e. The fourth-order valence-corrected chi connectivity index (χ4v) is 3.49. The van der Waals surface area contributed by atoms with Crippen molar-refractivity contribution in [2.75, 3.05) is 38.1 Å². The molecule has 2 aliphatic rings. The maximum atomic E-state index is 12.8. The van der Waals surface area contributed by atoms with E-state index in [2.05, 4.69) is 10.5 Å². The second-order valence-electron chi connectivity index (χ2n) is 7.22. The van der Waals surface area contributed by atoms with Crippen molar-refractivity contribution in [3.63, 3.8) is 0 Å². The molecule has 9 nitrogen and oxygen atoms in total. The minimum absolute atomic E-state index is 0.0895. The summed E-state index contributed by atoms with van der Waals surface area (Å²) in [5, 5.41) is 6.49. The molecule has 1 aromatic heterocycles. The second-order valence-corrected chi connectivity index (χ2v) is 7.22. The third-order valence-electron chi connectivity index (χ3n) is 5.21. The number of piperazine rings is 1. The minimum atomic E-state index is -0.646. The number of carbonyl (C=O) groups is 2. The Bertz CT molecular complexity index is 891. The third-order valence-corrected chi connectivity index (χ3v) is 5.21. The van der Waals surface area contributed by atoms with Crippen molar-refractivity contribution in [1.82, 2.24) is 15.0 Å². The molecule has 1 aromatic carbocycles. The molecule has 1 saturated heterocycles. The fourth-order valence-electron chi connectivity index (χ4n) is 3.49. The average Bonchev–Trinajstić information content (AvgIpc) is 3.16. The van der Waals surface area contributed by atoms with Gasteiger partial charge in [-0.05, 0) is 26.0 Å². The van der Waals surface area contributed by atoms with Gasteiger partial charge >= 0.3 is 0 Å². The Morgan fingerprint density at radius 3 is 2.59 bits per heavy atom. The van der Waals surface area contributed by atoms with Gasteiger partial charge in [-0.1, -0.05) is 17.3 Å². The summed E-state index contributed by atoms with van der Waals surface area (Å²) in [6, 6.07) is 8.65. The number of carbonyl (C=O) groups excluding carboxylic acids is 2. The molecule has 0 saturated carbocycles. The number of hydrogen-bond acceptors (Lipinski definition) is 7. The molecule has 0 aliphatic carbocycles. The van der Waals surface area contributed by atoms with Crippen LogP contribution in [0.3, 0.4) is 0 Å². The number of para-hydroxylation sites is 2. The lowest BCUT2D eigenvalue weighted by molar-refractivity contribution is -0.143. The summed E-state index contributed by atoms with van der Waals surface area (Å²) >= 11 is 0. The molecule has 154 valence electrons. The largest absolute Gasteiger partial charge is 0.485 e. The quantitative estimate of drug-likeness (QED) is 0.826. The third kappa shape index (κ3) is 4.19. The van der Waals surface area contributed by atoms with E-state index < -0.39 is 6.10 Å². The summed E-state index contributed by atoms with van der Waals surface area (Å²) in [5.41, 5.74) is 0.705. The van der Waals surface area contributed by atoms with Crippen molar-refractivity contribution in [2.45, 2.75) is 26.0 Å². The van der Waals surface area contributed by atoms with Crippen LogP contribution in [0.2, 0.25) is 0 Å². The molecule has 29 heavy (non-hydrogen) atoms. The lowest BCUT2D eigenvalue weighted by atomic mass is 10.2. The molecule has 4 rings (SSSR count). The summed E-state index contributed by atoms with van der Waals surface area (Å²) in [4.78, 5) is 29.1. The van der Waals surface area contributed by atoms with Crippen LogP contribution in [0.1, 0.15) is 12.6 Å². The van der Waals surface area contributed by atoms with Crippen LogP contribution in [0.25, 0.3) is 0 Å². The smallest absolute Gasteiger partial charge is 0.267 e. The highest BCUT2D eigenvalue weighted by Gasteiger charge is 2.34. The number of anilines is 1. The van der Waals surface area contributed by atoms with E-state index in [1.165, 1.54) is 0 Å². The maximum Gasteiger partial charge on any atom is 0.267 e. The first-order valence-corrected chi connectivity index (χ1v) is 9.67. The molecule has 2 atom stereocenters. The molecule has 3 heterocycles. The molecule has 9 heteroatoms. The van der Waals surface area contributed by atoms with Gasteiger partial charge in [0.15, 0.2) is 11.5 Å². The summed E-state index contributed by atoms with van der Waals surface area (Å²) in [6.07, 6.45) is -0.646. The molecular weight excluding hydrogens is 376 g/mol. The number of ether oxygens (including phenoxy) is 2. The van der Waals surface area contributed by atoms with Crippen LogP contribution in [-0.4, -0.2) is 71.7 Å². The van der Waals surface area contributed by atoms with E-state index in [1.54, 1.807) is 24.0 Å².